The molecule has 1 aromatic rings. The smallest absolute Gasteiger partial charge is 0.308 e. The van der Waals surface area contributed by atoms with Gasteiger partial charge in [0.05, 0.1) is 13.2 Å². The first-order valence-corrected chi connectivity index (χ1v) is 16.9. The van der Waals surface area contributed by atoms with E-state index in [1.807, 2.05) is 6.07 Å². The van der Waals surface area contributed by atoms with E-state index < -0.39 is 21.3 Å². The lowest BCUT2D eigenvalue weighted by molar-refractivity contribution is 0.195. The number of aryl methyl sites for hydroxylation is 1. The summed E-state index contributed by atoms with van der Waals surface area (Å²) >= 11 is 0. The zero-order valence-electron chi connectivity index (χ0n) is 22.5. The van der Waals surface area contributed by atoms with Crippen LogP contribution in [0.4, 0.5) is 0 Å². The maximum absolute atomic E-state index is 14.2. The molecule has 0 amide bonds. The highest BCUT2D eigenvalue weighted by Gasteiger charge is 2.43. The molecule has 1 atom stereocenters. The first kappa shape index (κ1) is 30.2. The zero-order chi connectivity index (χ0) is 24.9. The predicted molar refractivity (Wildman–Crippen MR) is 147 cm³/mol. The third-order valence-electron chi connectivity index (χ3n) is 6.79. The Kier molecular flexibility index (Phi) is 13.9. The van der Waals surface area contributed by atoms with Crippen LogP contribution in [0.25, 0.3) is 0 Å². The van der Waals surface area contributed by atoms with E-state index >= 15 is 0 Å². The van der Waals surface area contributed by atoms with Crippen molar-refractivity contribution in [1.82, 2.24) is 0 Å². The molecule has 188 valence electrons. The summed E-state index contributed by atoms with van der Waals surface area (Å²) in [6.07, 6.45) is 5.26. The van der Waals surface area contributed by atoms with Crippen molar-refractivity contribution in [2.45, 2.75) is 116 Å². The largest absolute Gasteiger partial charge is 0.345 e. The molecule has 0 aliphatic carbocycles. The lowest BCUT2D eigenvalue weighted by atomic mass is 10.1. The summed E-state index contributed by atoms with van der Waals surface area (Å²) in [6, 6.07) is 10.4. The van der Waals surface area contributed by atoms with Gasteiger partial charge in [-0.1, -0.05) is 104 Å². The van der Waals surface area contributed by atoms with Gasteiger partial charge in [-0.2, -0.15) is 0 Å². The maximum Gasteiger partial charge on any atom is 0.345 e. The van der Waals surface area contributed by atoms with E-state index in [1.54, 1.807) is 0 Å². The lowest BCUT2D eigenvalue weighted by Crippen LogP contribution is -2.43. The van der Waals surface area contributed by atoms with E-state index in [2.05, 4.69) is 91.1 Å². The highest BCUT2D eigenvalue weighted by molar-refractivity contribution is 7.55. The molecule has 0 bridgehead atoms. The molecule has 0 saturated heterocycles. The monoisotopic (exact) mass is 492 g/mol. The molecule has 0 spiro atoms. The molecule has 0 radical (unpaired) electrons. The normalized spacial score (nSPS) is 13.4. The van der Waals surface area contributed by atoms with Crippen molar-refractivity contribution in [3.05, 3.63) is 35.9 Å². The van der Waals surface area contributed by atoms with E-state index in [1.165, 1.54) is 5.56 Å². The summed E-state index contributed by atoms with van der Waals surface area (Å²) in [6.45, 7) is 19.0. The van der Waals surface area contributed by atoms with Gasteiger partial charge in [0.1, 0.15) is 13.7 Å². The molecular formula is C28H49O3PSi. The van der Waals surface area contributed by atoms with Crippen LogP contribution in [0.15, 0.2) is 30.3 Å². The number of unbranched alkanes of at least 4 members (excludes halogenated alkanes) is 2. The quantitative estimate of drug-likeness (QED) is 0.106. The Morgan fingerprint density at radius 2 is 1.33 bits per heavy atom. The second-order valence-corrected chi connectivity index (χ2v) is 17.9. The van der Waals surface area contributed by atoms with Crippen molar-refractivity contribution in [2.24, 2.45) is 0 Å². The number of benzene rings is 1. The molecular weight excluding hydrogens is 443 g/mol. The van der Waals surface area contributed by atoms with Crippen LogP contribution in [0, 0.1) is 11.5 Å². The minimum absolute atomic E-state index is 0.394. The van der Waals surface area contributed by atoms with Gasteiger partial charge < -0.3 is 9.05 Å². The average Bonchev–Trinajstić information content (AvgIpc) is 2.76. The van der Waals surface area contributed by atoms with Gasteiger partial charge in [0.15, 0.2) is 0 Å². The highest BCUT2D eigenvalue weighted by Crippen LogP contribution is 2.55. The second kappa shape index (κ2) is 15.2. The molecule has 0 unspecified atom stereocenters. The molecule has 0 aliphatic heterocycles. The minimum Gasteiger partial charge on any atom is -0.308 e. The molecule has 0 fully saturated rings. The molecule has 0 aliphatic rings. The summed E-state index contributed by atoms with van der Waals surface area (Å²) in [7, 11) is -5.30. The summed E-state index contributed by atoms with van der Waals surface area (Å²) in [5.41, 5.74) is 6.24. The predicted octanol–water partition coefficient (Wildman–Crippen LogP) is 9.04. The van der Waals surface area contributed by atoms with Crippen LogP contribution in [-0.4, -0.2) is 26.9 Å². The minimum atomic E-state index is -3.35. The van der Waals surface area contributed by atoms with Crippen molar-refractivity contribution in [3.8, 4) is 11.5 Å². The molecule has 5 heteroatoms. The third-order valence-corrected chi connectivity index (χ3v) is 15.3. The van der Waals surface area contributed by atoms with Crippen LogP contribution in [0.3, 0.4) is 0 Å². The molecule has 0 aromatic heterocycles. The second-order valence-electron chi connectivity index (χ2n) is 10.1. The van der Waals surface area contributed by atoms with Crippen molar-refractivity contribution in [2.75, 3.05) is 13.2 Å². The summed E-state index contributed by atoms with van der Waals surface area (Å²) in [5.74, 6) is 3.57. The first-order chi connectivity index (χ1) is 15.6. The van der Waals surface area contributed by atoms with Crippen LogP contribution < -0.4 is 0 Å². The fourth-order valence-electron chi connectivity index (χ4n) is 4.79. The van der Waals surface area contributed by atoms with Gasteiger partial charge in [-0.25, -0.2) is 0 Å². The Bertz CT molecular complexity index is 729. The molecule has 1 rings (SSSR count). The van der Waals surface area contributed by atoms with E-state index in [0.29, 0.717) is 36.3 Å². The van der Waals surface area contributed by atoms with Gasteiger partial charge >= 0.3 is 7.60 Å². The number of hydrogen-bond donors (Lipinski definition) is 0. The fourth-order valence-corrected chi connectivity index (χ4v) is 12.1. The summed E-state index contributed by atoms with van der Waals surface area (Å²) in [4.78, 5) is 0. The van der Waals surface area contributed by atoms with Crippen molar-refractivity contribution in [3.63, 3.8) is 0 Å². The Morgan fingerprint density at radius 1 is 0.848 bits per heavy atom. The van der Waals surface area contributed by atoms with E-state index in [-0.39, 0.29) is 0 Å². The van der Waals surface area contributed by atoms with Crippen LogP contribution >= 0.6 is 7.60 Å². The van der Waals surface area contributed by atoms with Gasteiger partial charge in [-0.3, -0.25) is 4.57 Å². The van der Waals surface area contributed by atoms with Gasteiger partial charge in [0, 0.05) is 0 Å². The first-order valence-electron chi connectivity index (χ1n) is 13.1. The molecule has 1 aromatic carbocycles. The fraction of sp³-hybridized carbons (Fsp3) is 0.714. The molecule has 3 nitrogen and oxygen atoms in total. The van der Waals surface area contributed by atoms with Crippen molar-refractivity contribution >= 4 is 15.7 Å². The maximum atomic E-state index is 14.2. The SMILES string of the molecule is CCCCOP(=O)(OCCCC)[C@@H](C#C[Si](C(C)C)(C(C)C)C(C)C)CCc1ccccc1. The van der Waals surface area contributed by atoms with Crippen molar-refractivity contribution < 1.29 is 13.6 Å². The van der Waals surface area contributed by atoms with Gasteiger partial charge in [-0.05, 0) is 47.9 Å². The standard InChI is InChI=1S/C28H49O3PSi/c1-9-11-21-30-32(29,31-22-12-10-2)28(19-18-27-16-14-13-15-17-27)20-23-33(24(3)4,25(5)6)26(7)8/h13-17,24-26,28H,9-12,18-19,21-22H2,1-8H3/t28-/m1/s1. The van der Waals surface area contributed by atoms with E-state index in [9.17, 15) is 4.57 Å². The Balaban J connectivity index is 3.40. The van der Waals surface area contributed by atoms with E-state index in [0.717, 1.165) is 32.1 Å². The molecule has 33 heavy (non-hydrogen) atoms. The Morgan fingerprint density at radius 3 is 1.76 bits per heavy atom. The van der Waals surface area contributed by atoms with Gasteiger partial charge in [0.2, 0.25) is 0 Å². The lowest BCUT2D eigenvalue weighted by Gasteiger charge is -2.38. The molecule has 0 saturated carbocycles. The molecule has 0 heterocycles. The third kappa shape index (κ3) is 9.03. The Hall–Kier alpha value is -0.853. The van der Waals surface area contributed by atoms with E-state index in [4.69, 9.17) is 9.05 Å². The summed E-state index contributed by atoms with van der Waals surface area (Å²) in [5, 5.41) is 0. The zero-order valence-corrected chi connectivity index (χ0v) is 24.4. The van der Waals surface area contributed by atoms with Crippen LogP contribution in [-0.2, 0) is 20.0 Å². The number of rotatable bonds is 15. The van der Waals surface area contributed by atoms with Crippen LogP contribution in [0.2, 0.25) is 16.6 Å². The van der Waals surface area contributed by atoms with Crippen LogP contribution in [0.1, 0.15) is 93.1 Å². The topological polar surface area (TPSA) is 35.5 Å². The Labute approximate surface area is 206 Å². The number of hydrogen-bond acceptors (Lipinski definition) is 3. The van der Waals surface area contributed by atoms with Gasteiger partial charge in [0.25, 0.3) is 0 Å². The van der Waals surface area contributed by atoms with Crippen molar-refractivity contribution in [1.29, 1.82) is 0 Å². The highest BCUT2D eigenvalue weighted by atomic mass is 31.2. The molecule has 0 N–H and O–H groups in total. The summed E-state index contributed by atoms with van der Waals surface area (Å²) < 4.78 is 26.3. The van der Waals surface area contributed by atoms with Gasteiger partial charge in [-0.15, -0.1) is 5.54 Å². The van der Waals surface area contributed by atoms with Crippen LogP contribution in [0.5, 0.6) is 0 Å². The average molecular weight is 493 g/mol.